The third-order valence-electron chi connectivity index (χ3n) is 0.950. The Morgan fingerprint density at radius 3 is 1.29 bits per heavy atom. The lowest BCUT2D eigenvalue weighted by Gasteiger charge is -2.27. The number of alkyl halides is 7. The van der Waals surface area contributed by atoms with Crippen LogP contribution in [0.2, 0.25) is 0 Å². The van der Waals surface area contributed by atoms with E-state index in [-0.39, 0.29) is 0 Å². The molecule has 0 aliphatic heterocycles. The van der Waals surface area contributed by atoms with E-state index >= 15 is 0 Å². The zero-order chi connectivity index (χ0) is 11.8. The lowest BCUT2D eigenvalue weighted by molar-refractivity contribution is -0.412. The van der Waals surface area contributed by atoms with Gasteiger partial charge in [0, 0.05) is 11.6 Å². The molecule has 0 heterocycles. The molecule has 0 saturated heterocycles. The second-order valence-corrected chi connectivity index (χ2v) is 2.24. The number of hydrogen-bond donors (Lipinski definition) is 0. The van der Waals surface area contributed by atoms with E-state index in [1.165, 1.54) is 0 Å². The number of carbonyl (C=O) groups excluding carboxylic acids is 1. The summed E-state index contributed by atoms with van der Waals surface area (Å²) in [6.07, 6.45) is -12.9. The van der Waals surface area contributed by atoms with Gasteiger partial charge < -0.3 is 4.74 Å². The molecule has 84 valence electrons. The lowest BCUT2D eigenvalue weighted by atomic mass is 10.3. The molecule has 0 fully saturated rings. The fourth-order valence-corrected chi connectivity index (χ4v) is 0.493. The van der Waals surface area contributed by atoms with E-state index in [0.717, 1.165) is 0 Å². The van der Waals surface area contributed by atoms with Crippen LogP contribution in [0, 0.1) is 0 Å². The summed E-state index contributed by atoms with van der Waals surface area (Å²) in [5.41, 5.74) is -2.55. The summed E-state index contributed by atoms with van der Waals surface area (Å²) in [5, 5.41) is 0. The van der Waals surface area contributed by atoms with Gasteiger partial charge in [0.1, 0.15) is 0 Å². The first-order chi connectivity index (χ1) is 5.92. The maximum atomic E-state index is 12.3. The van der Waals surface area contributed by atoms with Crippen molar-refractivity contribution < 1.29 is 40.3 Å². The van der Waals surface area contributed by atoms with Crippen LogP contribution in [0.25, 0.3) is 0 Å². The zero-order valence-electron chi connectivity index (χ0n) is 5.84. The molecule has 0 aromatic rings. The van der Waals surface area contributed by atoms with Gasteiger partial charge in [-0.1, -0.05) is 0 Å². The Hall–Kier alpha value is -0.730. The van der Waals surface area contributed by atoms with E-state index in [4.69, 9.17) is 0 Å². The van der Waals surface area contributed by atoms with Crippen LogP contribution in [0.15, 0.2) is 0 Å². The number of carbonyl (C=O) groups is 1. The molecule has 0 aromatic heterocycles. The van der Waals surface area contributed by atoms with Crippen LogP contribution in [0.5, 0.6) is 0 Å². The normalized spacial score (nSPS) is 14.0. The summed E-state index contributed by atoms with van der Waals surface area (Å²) in [4.78, 5) is 9.66. The van der Waals surface area contributed by atoms with Crippen molar-refractivity contribution in [3.8, 4) is 0 Å². The Bertz CT molecular complexity index is 217. The molecule has 0 N–H and O–H groups in total. The second kappa shape index (κ2) is 3.44. The van der Waals surface area contributed by atoms with Gasteiger partial charge in [-0.15, -0.1) is 0 Å². The number of rotatable bonds is 1. The fraction of sp³-hybridized carbons (Fsp3) is 0.750. The molecule has 0 aliphatic carbocycles. The third-order valence-corrected chi connectivity index (χ3v) is 1.03. The molecule has 0 unspecified atom stereocenters. The van der Waals surface area contributed by atoms with Crippen LogP contribution in [0.3, 0.4) is 0 Å². The van der Waals surface area contributed by atoms with Crippen molar-refractivity contribution in [1.82, 2.24) is 0 Å². The van der Waals surface area contributed by atoms with Crippen molar-refractivity contribution in [2.45, 2.75) is 18.2 Å². The predicted octanol–water partition coefficient (Wildman–Crippen LogP) is 3.15. The highest BCUT2D eigenvalue weighted by molar-refractivity contribution is 6.61. The zero-order valence-corrected chi connectivity index (χ0v) is 6.60. The van der Waals surface area contributed by atoms with Gasteiger partial charge in [0.25, 0.3) is 0 Å². The van der Waals surface area contributed by atoms with E-state index < -0.39 is 23.6 Å². The van der Waals surface area contributed by atoms with Crippen LogP contribution in [-0.4, -0.2) is 23.6 Å². The van der Waals surface area contributed by atoms with Crippen LogP contribution in [0.1, 0.15) is 0 Å². The van der Waals surface area contributed by atoms with Gasteiger partial charge in [-0.05, 0) is 0 Å². The number of halogens is 8. The molecule has 0 aromatic carbocycles. The fourth-order valence-electron chi connectivity index (χ4n) is 0.387. The number of hydrogen-bond acceptors (Lipinski definition) is 2. The highest BCUT2D eigenvalue weighted by Crippen LogP contribution is 2.47. The molecule has 0 rings (SSSR count). The average Bonchev–Trinajstić information content (AvgIpc) is 1.79. The highest BCUT2D eigenvalue weighted by Gasteiger charge is 2.76. The molecule has 0 aliphatic rings. The Labute approximate surface area is 76.6 Å². The minimum Gasteiger partial charge on any atom is -0.400 e. The summed E-state index contributed by atoms with van der Waals surface area (Å²) in [6, 6.07) is 0. The summed E-state index contributed by atoms with van der Waals surface area (Å²) in [5.74, 6) is -6.08. The number of ether oxygens (including phenoxy) is 1. The highest BCUT2D eigenvalue weighted by atomic mass is 35.5. The second-order valence-electron chi connectivity index (χ2n) is 1.93. The van der Waals surface area contributed by atoms with Crippen LogP contribution in [-0.2, 0) is 4.74 Å². The monoisotopic (exact) mass is 248 g/mol. The van der Waals surface area contributed by atoms with E-state index in [1.54, 1.807) is 0 Å². The molecule has 14 heavy (non-hydrogen) atoms. The Kier molecular flexibility index (Phi) is 3.27. The Morgan fingerprint density at radius 2 is 1.21 bits per heavy atom. The molecule has 0 amide bonds. The van der Waals surface area contributed by atoms with E-state index in [1.807, 2.05) is 0 Å². The molecule has 10 heteroatoms. The van der Waals surface area contributed by atoms with Gasteiger partial charge in [-0.2, -0.15) is 30.7 Å². The summed E-state index contributed by atoms with van der Waals surface area (Å²) >= 11 is 4.07. The smallest absolute Gasteiger partial charge is 0.400 e. The van der Waals surface area contributed by atoms with Crippen LogP contribution >= 0.6 is 11.6 Å². The van der Waals surface area contributed by atoms with Gasteiger partial charge in [0.15, 0.2) is 0 Å². The molecule has 0 atom stereocenters. The Morgan fingerprint density at radius 1 is 0.929 bits per heavy atom. The summed E-state index contributed by atoms with van der Waals surface area (Å²) in [6.45, 7) is 0. The molecular formula is C4ClF7O2. The first kappa shape index (κ1) is 13.3. The van der Waals surface area contributed by atoms with Crippen molar-refractivity contribution in [3.05, 3.63) is 0 Å². The molecule has 0 radical (unpaired) electrons. The first-order valence-electron chi connectivity index (χ1n) is 2.62. The SMILES string of the molecule is O=C(Cl)OC(F)(C(F)(F)F)C(F)(F)F. The van der Waals surface area contributed by atoms with E-state index in [0.29, 0.717) is 0 Å². The first-order valence-corrected chi connectivity index (χ1v) is 3.00. The molecule has 0 saturated carbocycles. The van der Waals surface area contributed by atoms with Gasteiger partial charge in [0.2, 0.25) is 0 Å². The van der Waals surface area contributed by atoms with E-state index in [2.05, 4.69) is 16.3 Å². The van der Waals surface area contributed by atoms with Crippen molar-refractivity contribution in [2.75, 3.05) is 0 Å². The topological polar surface area (TPSA) is 26.3 Å². The van der Waals surface area contributed by atoms with Crippen molar-refractivity contribution in [2.24, 2.45) is 0 Å². The van der Waals surface area contributed by atoms with Crippen LogP contribution < -0.4 is 0 Å². The minimum atomic E-state index is -6.45. The van der Waals surface area contributed by atoms with E-state index in [9.17, 15) is 35.5 Å². The molecule has 0 bridgehead atoms. The largest absolute Gasteiger partial charge is 0.470 e. The van der Waals surface area contributed by atoms with Crippen molar-refractivity contribution in [1.29, 1.82) is 0 Å². The predicted molar refractivity (Wildman–Crippen MR) is 28.3 cm³/mol. The van der Waals surface area contributed by atoms with Crippen molar-refractivity contribution in [3.63, 3.8) is 0 Å². The molecule has 0 spiro atoms. The van der Waals surface area contributed by atoms with Crippen LogP contribution in [0.4, 0.5) is 35.5 Å². The van der Waals surface area contributed by atoms with Crippen molar-refractivity contribution >= 4 is 17.0 Å². The third kappa shape index (κ3) is 2.40. The van der Waals surface area contributed by atoms with Gasteiger partial charge in [-0.3, -0.25) is 0 Å². The average molecular weight is 248 g/mol. The van der Waals surface area contributed by atoms with Gasteiger partial charge in [0.05, 0.1) is 0 Å². The summed E-state index contributed by atoms with van der Waals surface area (Å²) < 4.78 is 83.8. The van der Waals surface area contributed by atoms with Gasteiger partial charge >= 0.3 is 23.6 Å². The minimum absolute atomic E-state index is 2.38. The molecular weight excluding hydrogens is 248 g/mol. The standard InChI is InChI=1S/C4ClF7O2/c5-1(13)14-2(6,3(7,8)9)4(10,11)12. The van der Waals surface area contributed by atoms with Gasteiger partial charge in [-0.25, -0.2) is 4.79 Å². The summed E-state index contributed by atoms with van der Waals surface area (Å²) in [7, 11) is 0. The molecule has 2 nitrogen and oxygen atoms in total. The quantitative estimate of drug-likeness (QED) is 0.526. The lowest BCUT2D eigenvalue weighted by Crippen LogP contribution is -2.55. The maximum absolute atomic E-state index is 12.3. The maximum Gasteiger partial charge on any atom is 0.470 e. The Balaban J connectivity index is 5.18.